The molecule has 0 bridgehead atoms. The molecule has 1 aromatic carbocycles. The second kappa shape index (κ2) is 5.76. The Balaban J connectivity index is 3.37. The Morgan fingerprint density at radius 3 is 2.50 bits per heavy atom. The minimum absolute atomic E-state index is 0.0147. The summed E-state index contributed by atoms with van der Waals surface area (Å²) in [6, 6.07) is 0.980. The first-order valence-electron chi connectivity index (χ1n) is 5.49. The van der Waals surface area contributed by atoms with Crippen LogP contribution in [0.4, 0.5) is 10.1 Å². The Labute approximate surface area is 130 Å². The second-order valence-corrected chi connectivity index (χ2v) is 8.19. The van der Waals surface area contributed by atoms with E-state index in [0.717, 1.165) is 10.4 Å². The molecule has 0 amide bonds. The van der Waals surface area contributed by atoms with Gasteiger partial charge < -0.3 is 10.8 Å². The third kappa shape index (κ3) is 3.62. The first-order valence-corrected chi connectivity index (χ1v) is 8.10. The Morgan fingerprint density at radius 2 is 2.05 bits per heavy atom. The van der Waals surface area contributed by atoms with Crippen LogP contribution >= 0.6 is 27.5 Å². The van der Waals surface area contributed by atoms with E-state index in [2.05, 4.69) is 15.9 Å². The summed E-state index contributed by atoms with van der Waals surface area (Å²) in [6.45, 7) is 2.68. The van der Waals surface area contributed by atoms with Gasteiger partial charge >= 0.3 is 0 Å². The highest BCUT2D eigenvalue weighted by Crippen LogP contribution is 2.35. The fraction of sp³-hybridized carbons (Fsp3) is 0.455. The van der Waals surface area contributed by atoms with Crippen LogP contribution in [0.5, 0.6) is 0 Å². The van der Waals surface area contributed by atoms with Gasteiger partial charge in [0.1, 0.15) is 4.90 Å². The van der Waals surface area contributed by atoms with Gasteiger partial charge in [-0.2, -0.15) is 4.31 Å². The van der Waals surface area contributed by atoms with Gasteiger partial charge in [0.25, 0.3) is 0 Å². The van der Waals surface area contributed by atoms with Crippen LogP contribution in [0.3, 0.4) is 0 Å². The number of likely N-dealkylation sites (N-methyl/N-ethyl adjacent to an activating group) is 1. The minimum atomic E-state index is -4.15. The Bertz CT molecular complexity index is 632. The van der Waals surface area contributed by atoms with Crippen molar-refractivity contribution in [1.29, 1.82) is 0 Å². The van der Waals surface area contributed by atoms with Gasteiger partial charge in [0.15, 0.2) is 5.82 Å². The number of benzene rings is 1. The molecular weight excluding hydrogens is 375 g/mol. The van der Waals surface area contributed by atoms with Crippen molar-refractivity contribution in [3.05, 3.63) is 21.4 Å². The van der Waals surface area contributed by atoms with Crippen LogP contribution in [0.15, 0.2) is 15.4 Å². The Morgan fingerprint density at radius 1 is 1.55 bits per heavy atom. The van der Waals surface area contributed by atoms with Gasteiger partial charge in [0, 0.05) is 13.6 Å². The number of aliphatic hydroxyl groups is 1. The van der Waals surface area contributed by atoms with Gasteiger partial charge in [-0.3, -0.25) is 0 Å². The number of nitrogens with two attached hydrogens (primary N) is 1. The zero-order valence-electron chi connectivity index (χ0n) is 11.1. The Hall–Kier alpha value is -0.410. The highest BCUT2D eigenvalue weighted by molar-refractivity contribution is 9.10. The summed E-state index contributed by atoms with van der Waals surface area (Å²) in [4.78, 5) is -0.630. The fourth-order valence-electron chi connectivity index (χ4n) is 1.59. The van der Waals surface area contributed by atoms with E-state index in [1.165, 1.54) is 20.9 Å². The first kappa shape index (κ1) is 17.6. The van der Waals surface area contributed by atoms with E-state index in [1.54, 1.807) is 0 Å². The van der Waals surface area contributed by atoms with Gasteiger partial charge in [-0.25, -0.2) is 12.8 Å². The molecule has 9 heteroatoms. The van der Waals surface area contributed by atoms with E-state index in [0.29, 0.717) is 0 Å². The molecule has 114 valence electrons. The van der Waals surface area contributed by atoms with Crippen molar-refractivity contribution in [3.63, 3.8) is 0 Å². The lowest BCUT2D eigenvalue weighted by molar-refractivity contribution is 0.0639. The first-order chi connectivity index (χ1) is 8.88. The van der Waals surface area contributed by atoms with Crippen molar-refractivity contribution in [2.45, 2.75) is 24.3 Å². The molecule has 0 heterocycles. The quantitative estimate of drug-likeness (QED) is 0.611. The predicted molar refractivity (Wildman–Crippen MR) is 79.6 cm³/mol. The number of hydrogen-bond donors (Lipinski definition) is 2. The maximum absolute atomic E-state index is 14.0. The lowest BCUT2D eigenvalue weighted by Gasteiger charge is -2.25. The molecule has 0 saturated heterocycles. The second-order valence-electron chi connectivity index (χ2n) is 4.97. The Kier molecular flexibility index (Phi) is 5.08. The van der Waals surface area contributed by atoms with Crippen molar-refractivity contribution in [1.82, 2.24) is 4.31 Å². The molecule has 5 nitrogen and oxygen atoms in total. The summed E-state index contributed by atoms with van der Waals surface area (Å²) >= 11 is 8.78. The van der Waals surface area contributed by atoms with E-state index in [4.69, 9.17) is 17.3 Å². The zero-order valence-corrected chi connectivity index (χ0v) is 14.3. The molecule has 0 radical (unpaired) electrons. The molecule has 1 rings (SSSR count). The van der Waals surface area contributed by atoms with Crippen molar-refractivity contribution in [3.8, 4) is 0 Å². The van der Waals surface area contributed by atoms with Gasteiger partial charge in [-0.05, 0) is 35.8 Å². The summed E-state index contributed by atoms with van der Waals surface area (Å²) in [5.41, 5.74) is 3.83. The summed E-state index contributed by atoms with van der Waals surface area (Å²) in [7, 11) is -2.92. The molecule has 0 aromatic heterocycles. The molecule has 0 saturated carbocycles. The number of nitrogen functional groups attached to an aromatic ring is 1. The maximum Gasteiger partial charge on any atom is 0.245 e. The molecule has 0 fully saturated rings. The lowest BCUT2D eigenvalue weighted by atomic mass is 10.1. The molecule has 1 aromatic rings. The van der Waals surface area contributed by atoms with Gasteiger partial charge in [-0.1, -0.05) is 11.6 Å². The van der Waals surface area contributed by atoms with Crippen molar-refractivity contribution in [2.24, 2.45) is 0 Å². The number of nitrogens with zero attached hydrogens (tertiary/aromatic N) is 1. The monoisotopic (exact) mass is 388 g/mol. The van der Waals surface area contributed by atoms with E-state index in [9.17, 15) is 17.9 Å². The number of sulfonamides is 1. The van der Waals surface area contributed by atoms with Crippen LogP contribution in [-0.4, -0.2) is 37.0 Å². The van der Waals surface area contributed by atoms with E-state index >= 15 is 0 Å². The lowest BCUT2D eigenvalue weighted by Crippen LogP contribution is -2.40. The average Bonchev–Trinajstić information content (AvgIpc) is 2.28. The van der Waals surface area contributed by atoms with E-state index in [-0.39, 0.29) is 21.7 Å². The van der Waals surface area contributed by atoms with Crippen LogP contribution < -0.4 is 5.73 Å². The van der Waals surface area contributed by atoms with E-state index < -0.39 is 26.3 Å². The normalized spacial score (nSPS) is 13.0. The highest BCUT2D eigenvalue weighted by Gasteiger charge is 2.30. The third-order valence-electron chi connectivity index (χ3n) is 2.45. The molecule has 0 unspecified atom stereocenters. The molecule has 20 heavy (non-hydrogen) atoms. The predicted octanol–water partition coefficient (Wildman–Crippen LogP) is 2.22. The van der Waals surface area contributed by atoms with Crippen LogP contribution in [0.25, 0.3) is 0 Å². The summed E-state index contributed by atoms with van der Waals surface area (Å²) < 4.78 is 39.6. The van der Waals surface area contributed by atoms with Crippen LogP contribution in [-0.2, 0) is 10.0 Å². The zero-order chi connectivity index (χ0) is 15.9. The molecule has 0 aliphatic carbocycles. The number of anilines is 1. The smallest absolute Gasteiger partial charge is 0.245 e. The van der Waals surface area contributed by atoms with Gasteiger partial charge in [0.05, 0.1) is 20.8 Å². The standard InChI is InChI=1S/C11H15BrClFN2O3S/c1-11(2,17)5-16(3)20(18,19)7-4-6(13)8(12)10(15)9(7)14/h4,17H,5,15H2,1-3H3. The maximum atomic E-state index is 14.0. The third-order valence-corrected chi connectivity index (χ3v) is 5.64. The largest absolute Gasteiger partial charge is 0.395 e. The molecule has 3 N–H and O–H groups in total. The van der Waals surface area contributed by atoms with Crippen LogP contribution in [0.2, 0.25) is 5.02 Å². The molecule has 0 aliphatic heterocycles. The summed E-state index contributed by atoms with van der Waals surface area (Å²) in [5, 5.41) is 9.65. The molecule has 0 spiro atoms. The molecule has 0 atom stereocenters. The fourth-order valence-corrected chi connectivity index (χ4v) is 3.57. The van der Waals surface area contributed by atoms with Gasteiger partial charge in [0.2, 0.25) is 10.0 Å². The van der Waals surface area contributed by atoms with Crippen LogP contribution in [0, 0.1) is 5.82 Å². The van der Waals surface area contributed by atoms with Crippen molar-refractivity contribution < 1.29 is 17.9 Å². The molecule has 0 aliphatic rings. The average molecular weight is 390 g/mol. The van der Waals surface area contributed by atoms with E-state index in [1.807, 2.05) is 0 Å². The van der Waals surface area contributed by atoms with Gasteiger partial charge in [-0.15, -0.1) is 0 Å². The van der Waals surface area contributed by atoms with Crippen molar-refractivity contribution >= 4 is 43.2 Å². The number of hydrogen-bond acceptors (Lipinski definition) is 4. The highest BCUT2D eigenvalue weighted by atomic mass is 79.9. The topological polar surface area (TPSA) is 83.6 Å². The summed E-state index contributed by atoms with van der Waals surface area (Å²) in [6.07, 6.45) is 0. The number of halogens is 3. The number of rotatable bonds is 4. The molecular formula is C11H15BrClFN2O3S. The summed E-state index contributed by atoms with van der Waals surface area (Å²) in [5.74, 6) is -1.08. The minimum Gasteiger partial charge on any atom is -0.395 e. The van der Waals surface area contributed by atoms with Crippen LogP contribution in [0.1, 0.15) is 13.8 Å². The SMILES string of the molecule is CN(CC(C)(C)O)S(=O)(=O)c1cc(Cl)c(Br)c(N)c1F. The van der Waals surface area contributed by atoms with Crippen molar-refractivity contribution in [2.75, 3.05) is 19.3 Å².